The minimum absolute atomic E-state index is 0.00929. The molecule has 3 amide bonds. The standard InChI is InChI=1S/C15H19FN2O4/c1-15(2)13(20)18(14(21)17-15)7-11(19)9-22-8-10-5-3-4-6-12(10)16/h3-6,11,19H,7-9H2,1-2H3,(H,17,21). The fraction of sp³-hybridized carbons (Fsp3) is 0.467. The van der Waals surface area contributed by atoms with Crippen molar-refractivity contribution in [3.05, 3.63) is 35.6 Å². The average molecular weight is 310 g/mol. The van der Waals surface area contributed by atoms with E-state index in [0.29, 0.717) is 5.56 Å². The van der Waals surface area contributed by atoms with Crippen molar-refractivity contribution in [3.63, 3.8) is 0 Å². The maximum absolute atomic E-state index is 13.4. The molecule has 0 aromatic heterocycles. The quantitative estimate of drug-likeness (QED) is 0.769. The lowest BCUT2D eigenvalue weighted by molar-refractivity contribution is -0.131. The van der Waals surface area contributed by atoms with Gasteiger partial charge in [-0.05, 0) is 19.9 Å². The second-order valence-electron chi connectivity index (χ2n) is 5.73. The Morgan fingerprint density at radius 1 is 1.36 bits per heavy atom. The third kappa shape index (κ3) is 3.61. The predicted octanol–water partition coefficient (Wildman–Crippen LogP) is 1.03. The van der Waals surface area contributed by atoms with Gasteiger partial charge in [0.15, 0.2) is 0 Å². The number of imide groups is 1. The number of benzene rings is 1. The lowest BCUT2D eigenvalue weighted by Crippen LogP contribution is -2.42. The summed E-state index contributed by atoms with van der Waals surface area (Å²) in [6.45, 7) is 2.93. The van der Waals surface area contributed by atoms with Gasteiger partial charge in [0.25, 0.3) is 5.91 Å². The molecule has 1 atom stereocenters. The first kappa shape index (κ1) is 16.4. The molecule has 1 unspecified atom stereocenters. The van der Waals surface area contributed by atoms with E-state index >= 15 is 0 Å². The number of hydrogen-bond acceptors (Lipinski definition) is 4. The van der Waals surface area contributed by atoms with Crippen molar-refractivity contribution in [1.29, 1.82) is 0 Å². The van der Waals surface area contributed by atoms with Crippen molar-refractivity contribution in [3.8, 4) is 0 Å². The summed E-state index contributed by atoms with van der Waals surface area (Å²) in [6, 6.07) is 5.63. The first-order valence-corrected chi connectivity index (χ1v) is 6.94. The molecule has 1 saturated heterocycles. The third-order valence-electron chi connectivity index (χ3n) is 3.36. The number of carbonyl (C=O) groups is 2. The highest BCUT2D eigenvalue weighted by Crippen LogP contribution is 2.17. The molecule has 120 valence electrons. The highest BCUT2D eigenvalue weighted by molar-refractivity contribution is 6.06. The topological polar surface area (TPSA) is 78.9 Å². The van der Waals surface area contributed by atoms with Crippen LogP contribution < -0.4 is 5.32 Å². The van der Waals surface area contributed by atoms with E-state index < -0.39 is 23.6 Å². The van der Waals surface area contributed by atoms with Crippen LogP contribution in [0.2, 0.25) is 0 Å². The molecule has 1 aromatic rings. The monoisotopic (exact) mass is 310 g/mol. The Bertz CT molecular complexity index is 576. The van der Waals surface area contributed by atoms with E-state index in [4.69, 9.17) is 4.74 Å². The van der Waals surface area contributed by atoms with E-state index in [-0.39, 0.29) is 25.6 Å². The third-order valence-corrected chi connectivity index (χ3v) is 3.36. The number of ether oxygens (including phenoxy) is 1. The molecular formula is C15H19FN2O4. The van der Waals surface area contributed by atoms with Crippen LogP contribution in [0, 0.1) is 5.82 Å². The Kier molecular flexibility index (Phi) is 4.77. The normalized spacial score (nSPS) is 18.5. The largest absolute Gasteiger partial charge is 0.389 e. The number of aliphatic hydroxyl groups is 1. The van der Waals surface area contributed by atoms with Crippen molar-refractivity contribution in [2.75, 3.05) is 13.2 Å². The second kappa shape index (κ2) is 6.41. The highest BCUT2D eigenvalue weighted by Gasteiger charge is 2.44. The molecule has 0 saturated carbocycles. The first-order valence-electron chi connectivity index (χ1n) is 6.94. The molecule has 1 fully saturated rings. The Labute approximate surface area is 127 Å². The molecule has 2 N–H and O–H groups in total. The van der Waals surface area contributed by atoms with Gasteiger partial charge in [0.05, 0.1) is 25.9 Å². The number of aliphatic hydroxyl groups excluding tert-OH is 1. The first-order chi connectivity index (χ1) is 10.3. The van der Waals surface area contributed by atoms with E-state index in [2.05, 4.69) is 5.32 Å². The maximum Gasteiger partial charge on any atom is 0.325 e. The number of nitrogens with one attached hydrogen (secondary N) is 1. The number of amides is 3. The molecule has 0 radical (unpaired) electrons. The van der Waals surface area contributed by atoms with Gasteiger partial charge in [-0.1, -0.05) is 18.2 Å². The summed E-state index contributed by atoms with van der Waals surface area (Å²) in [5, 5.41) is 12.4. The van der Waals surface area contributed by atoms with E-state index in [0.717, 1.165) is 4.90 Å². The predicted molar refractivity (Wildman–Crippen MR) is 76.4 cm³/mol. The highest BCUT2D eigenvalue weighted by atomic mass is 19.1. The summed E-state index contributed by atoms with van der Waals surface area (Å²) in [7, 11) is 0. The fourth-order valence-electron chi connectivity index (χ4n) is 2.17. The van der Waals surface area contributed by atoms with Crippen LogP contribution in [-0.4, -0.2) is 46.7 Å². The van der Waals surface area contributed by atoms with Gasteiger partial charge in [0.2, 0.25) is 0 Å². The Morgan fingerprint density at radius 3 is 2.64 bits per heavy atom. The van der Waals surface area contributed by atoms with Crippen LogP contribution in [0.3, 0.4) is 0 Å². The van der Waals surface area contributed by atoms with E-state index in [1.165, 1.54) is 6.07 Å². The van der Waals surface area contributed by atoms with Gasteiger partial charge in [-0.15, -0.1) is 0 Å². The number of rotatable bonds is 6. The van der Waals surface area contributed by atoms with E-state index in [9.17, 15) is 19.1 Å². The van der Waals surface area contributed by atoms with E-state index in [1.807, 2.05) is 0 Å². The molecule has 0 aliphatic carbocycles. The fourth-order valence-corrected chi connectivity index (χ4v) is 2.17. The zero-order chi connectivity index (χ0) is 16.3. The summed E-state index contributed by atoms with van der Waals surface area (Å²) < 4.78 is 18.6. The van der Waals surface area contributed by atoms with Crippen LogP contribution >= 0.6 is 0 Å². The van der Waals surface area contributed by atoms with Gasteiger partial charge in [-0.25, -0.2) is 9.18 Å². The van der Waals surface area contributed by atoms with Gasteiger partial charge in [-0.2, -0.15) is 0 Å². The van der Waals surface area contributed by atoms with Crippen LogP contribution in [0.5, 0.6) is 0 Å². The summed E-state index contributed by atoms with van der Waals surface area (Å²) in [6.07, 6.45) is -1.03. The molecule has 0 bridgehead atoms. The van der Waals surface area contributed by atoms with Gasteiger partial charge in [0, 0.05) is 5.56 Å². The number of halogens is 1. The van der Waals surface area contributed by atoms with Crippen molar-refractivity contribution < 1.29 is 23.8 Å². The maximum atomic E-state index is 13.4. The lowest BCUT2D eigenvalue weighted by Gasteiger charge is -2.19. The van der Waals surface area contributed by atoms with Crippen molar-refractivity contribution >= 4 is 11.9 Å². The summed E-state index contributed by atoms with van der Waals surface area (Å²) in [5.41, 5.74) is -0.587. The molecule has 1 heterocycles. The van der Waals surface area contributed by atoms with Crippen molar-refractivity contribution in [2.45, 2.75) is 32.1 Å². The zero-order valence-electron chi connectivity index (χ0n) is 12.5. The van der Waals surface area contributed by atoms with Crippen LogP contribution in [0.25, 0.3) is 0 Å². The van der Waals surface area contributed by atoms with Crippen LogP contribution in [0.15, 0.2) is 24.3 Å². The Balaban J connectivity index is 1.81. The molecule has 22 heavy (non-hydrogen) atoms. The SMILES string of the molecule is CC1(C)NC(=O)N(CC(O)COCc2ccccc2F)C1=O. The molecule has 1 aliphatic rings. The Hall–Kier alpha value is -1.99. The molecule has 7 heteroatoms. The average Bonchev–Trinajstić information content (AvgIpc) is 2.63. The number of carbonyl (C=O) groups excluding carboxylic acids is 2. The van der Waals surface area contributed by atoms with Crippen molar-refractivity contribution in [2.24, 2.45) is 0 Å². The zero-order valence-corrected chi connectivity index (χ0v) is 12.5. The summed E-state index contributed by atoms with van der Waals surface area (Å²) >= 11 is 0. The minimum atomic E-state index is -1.03. The van der Waals surface area contributed by atoms with Gasteiger partial charge < -0.3 is 15.2 Å². The van der Waals surface area contributed by atoms with E-state index in [1.54, 1.807) is 32.0 Å². The molecule has 6 nitrogen and oxygen atoms in total. The molecule has 1 aromatic carbocycles. The van der Waals surface area contributed by atoms with Crippen LogP contribution in [0.1, 0.15) is 19.4 Å². The second-order valence-corrected chi connectivity index (χ2v) is 5.73. The minimum Gasteiger partial charge on any atom is -0.389 e. The van der Waals surface area contributed by atoms with Crippen LogP contribution in [-0.2, 0) is 16.1 Å². The lowest BCUT2D eigenvalue weighted by atomic mass is 10.1. The number of urea groups is 1. The van der Waals surface area contributed by atoms with Gasteiger partial charge in [-0.3, -0.25) is 9.69 Å². The number of β-amino-alcohol motifs (C(OH)–C–C–N with tert-alkyl or cyclic N) is 1. The van der Waals surface area contributed by atoms with Gasteiger partial charge in [0.1, 0.15) is 11.4 Å². The number of nitrogens with zero attached hydrogens (tertiary/aromatic N) is 1. The molecule has 1 aliphatic heterocycles. The smallest absolute Gasteiger partial charge is 0.325 e. The molecular weight excluding hydrogens is 291 g/mol. The summed E-state index contributed by atoms with van der Waals surface area (Å²) in [4.78, 5) is 24.6. The molecule has 0 spiro atoms. The van der Waals surface area contributed by atoms with Crippen LogP contribution in [0.4, 0.5) is 9.18 Å². The summed E-state index contributed by atoms with van der Waals surface area (Å²) in [5.74, 6) is -0.779. The number of hydrogen-bond donors (Lipinski definition) is 2. The van der Waals surface area contributed by atoms with Crippen molar-refractivity contribution in [1.82, 2.24) is 10.2 Å². The van der Waals surface area contributed by atoms with Gasteiger partial charge >= 0.3 is 6.03 Å². The molecule has 2 rings (SSSR count). The Morgan fingerprint density at radius 2 is 2.05 bits per heavy atom.